The molecule has 0 bridgehead atoms. The smallest absolute Gasteiger partial charge is 0.263 e. The molecule has 2 rings (SSSR count). The monoisotopic (exact) mass is 338 g/mol. The maximum Gasteiger partial charge on any atom is 0.263 e. The molecule has 1 aromatic carbocycles. The fourth-order valence-corrected chi connectivity index (χ4v) is 2.79. The van der Waals surface area contributed by atoms with Crippen LogP contribution in [0.2, 0.25) is 0 Å². The van der Waals surface area contributed by atoms with E-state index >= 15 is 0 Å². The number of hydrogen-bond donors (Lipinski definition) is 1. The maximum atomic E-state index is 12.7. The van der Waals surface area contributed by atoms with Gasteiger partial charge in [-0.1, -0.05) is 44.2 Å². The lowest BCUT2D eigenvalue weighted by Gasteiger charge is -2.13. The van der Waals surface area contributed by atoms with Crippen LogP contribution in [0, 0.1) is 19.8 Å². The van der Waals surface area contributed by atoms with Gasteiger partial charge in [-0.15, -0.1) is 0 Å². The number of aryl methyl sites for hydroxylation is 2. The number of nitrogens with one attached hydrogen (secondary N) is 1. The Labute approximate surface area is 149 Å². The summed E-state index contributed by atoms with van der Waals surface area (Å²) in [5, 5.41) is 2.53. The third-order valence-corrected chi connectivity index (χ3v) is 4.10. The summed E-state index contributed by atoms with van der Waals surface area (Å²) in [6, 6.07) is 7.73. The molecule has 0 aliphatic heterocycles. The number of benzene rings is 1. The van der Waals surface area contributed by atoms with E-state index in [4.69, 9.17) is 0 Å². The van der Waals surface area contributed by atoms with Crippen LogP contribution in [0.5, 0.6) is 0 Å². The first kappa shape index (κ1) is 18.7. The molecule has 0 aliphatic rings. The number of amides is 1. The molecule has 0 atom stereocenters. The predicted molar refractivity (Wildman–Crippen MR) is 103 cm³/mol. The van der Waals surface area contributed by atoms with E-state index in [0.717, 1.165) is 16.7 Å². The lowest BCUT2D eigenvalue weighted by Crippen LogP contribution is -2.31. The number of nitrogens with zero attached hydrogens (tertiary/aromatic N) is 1. The van der Waals surface area contributed by atoms with Crippen LogP contribution in [0.15, 0.2) is 41.3 Å². The molecule has 1 N–H and O–H groups in total. The summed E-state index contributed by atoms with van der Waals surface area (Å²) in [5.74, 6) is 0.0978. The molecule has 4 heteroatoms. The number of aromatic nitrogens is 1. The van der Waals surface area contributed by atoms with Crippen molar-refractivity contribution in [1.82, 2.24) is 9.88 Å². The summed E-state index contributed by atoms with van der Waals surface area (Å²) in [7, 11) is 1.53. The first-order chi connectivity index (χ1) is 11.8. The molecule has 1 aromatic heterocycles. The van der Waals surface area contributed by atoms with E-state index in [-0.39, 0.29) is 17.0 Å². The minimum atomic E-state index is -0.355. The van der Waals surface area contributed by atoms with E-state index in [2.05, 4.69) is 44.3 Å². The number of rotatable bonds is 5. The van der Waals surface area contributed by atoms with Crippen LogP contribution < -0.4 is 10.9 Å². The van der Waals surface area contributed by atoms with Crippen LogP contribution in [0.3, 0.4) is 0 Å². The topological polar surface area (TPSA) is 51.1 Å². The van der Waals surface area contributed by atoms with Gasteiger partial charge < -0.3 is 9.88 Å². The Morgan fingerprint density at radius 3 is 2.64 bits per heavy atom. The third-order valence-electron chi connectivity index (χ3n) is 4.10. The minimum absolute atomic E-state index is 0.175. The van der Waals surface area contributed by atoms with Crippen LogP contribution in [-0.2, 0) is 6.54 Å². The summed E-state index contributed by atoms with van der Waals surface area (Å²) in [6.07, 6.45) is 6.07. The summed E-state index contributed by atoms with van der Waals surface area (Å²) in [4.78, 5) is 24.6. The standard InChI is InChI=1S/C21H26N2O2/c1-14(2)9-10-18-16(4)7-6-8-17(18)13-23-12-15(3)11-19(21(23)25)20(24)22-5/h6-12,14H,13H2,1-5H3,(H,22,24)/b10-9-. The molecule has 0 radical (unpaired) electrons. The van der Waals surface area contributed by atoms with E-state index in [1.54, 1.807) is 16.8 Å². The number of hydrogen-bond acceptors (Lipinski definition) is 2. The number of carbonyl (C=O) groups excluding carboxylic acids is 1. The highest BCUT2D eigenvalue weighted by molar-refractivity contribution is 5.93. The molecule has 0 spiro atoms. The SMILES string of the molecule is CNC(=O)c1cc(C)cn(Cc2cccc(C)c2/C=C\C(C)C)c1=O. The van der Waals surface area contributed by atoms with Gasteiger partial charge in [-0.05, 0) is 48.1 Å². The zero-order valence-corrected chi connectivity index (χ0v) is 15.6. The highest BCUT2D eigenvalue weighted by atomic mass is 16.2. The molecule has 0 saturated heterocycles. The fraction of sp³-hybridized carbons (Fsp3) is 0.333. The second-order valence-corrected chi connectivity index (χ2v) is 6.69. The van der Waals surface area contributed by atoms with Crippen molar-refractivity contribution in [2.24, 2.45) is 5.92 Å². The highest BCUT2D eigenvalue weighted by Crippen LogP contribution is 2.18. The normalized spacial score (nSPS) is 11.3. The number of allylic oxidation sites excluding steroid dienone is 1. The summed E-state index contributed by atoms with van der Waals surface area (Å²) >= 11 is 0. The van der Waals surface area contributed by atoms with Gasteiger partial charge in [0, 0.05) is 13.2 Å². The zero-order valence-electron chi connectivity index (χ0n) is 15.6. The molecular formula is C21H26N2O2. The Morgan fingerprint density at radius 2 is 2.00 bits per heavy atom. The Morgan fingerprint density at radius 1 is 1.28 bits per heavy atom. The quantitative estimate of drug-likeness (QED) is 0.906. The largest absolute Gasteiger partial charge is 0.355 e. The van der Waals surface area contributed by atoms with Gasteiger partial charge in [-0.25, -0.2) is 0 Å². The van der Waals surface area contributed by atoms with Crippen molar-refractivity contribution < 1.29 is 4.79 Å². The number of carbonyl (C=O) groups is 1. The lowest BCUT2D eigenvalue weighted by molar-refractivity contribution is 0.0961. The Kier molecular flexibility index (Phi) is 5.97. The molecule has 0 fully saturated rings. The molecule has 2 aromatic rings. The van der Waals surface area contributed by atoms with Crippen LogP contribution in [0.25, 0.3) is 6.08 Å². The Balaban J connectivity index is 2.51. The molecule has 4 nitrogen and oxygen atoms in total. The molecule has 25 heavy (non-hydrogen) atoms. The van der Waals surface area contributed by atoms with Gasteiger partial charge in [0.1, 0.15) is 5.56 Å². The average Bonchev–Trinajstić information content (AvgIpc) is 2.56. The molecule has 1 heterocycles. The van der Waals surface area contributed by atoms with Crippen molar-refractivity contribution in [2.45, 2.75) is 34.2 Å². The Hall–Kier alpha value is -2.62. The van der Waals surface area contributed by atoms with E-state index in [1.165, 1.54) is 12.6 Å². The third kappa shape index (κ3) is 4.47. The zero-order chi connectivity index (χ0) is 18.6. The van der Waals surface area contributed by atoms with Gasteiger partial charge in [0.25, 0.3) is 11.5 Å². The summed E-state index contributed by atoms with van der Waals surface area (Å²) in [6.45, 7) is 8.66. The van der Waals surface area contributed by atoms with Crippen molar-refractivity contribution in [1.29, 1.82) is 0 Å². The highest BCUT2D eigenvalue weighted by Gasteiger charge is 2.13. The average molecular weight is 338 g/mol. The fourth-order valence-electron chi connectivity index (χ4n) is 2.79. The molecule has 0 unspecified atom stereocenters. The molecule has 132 valence electrons. The van der Waals surface area contributed by atoms with Crippen LogP contribution >= 0.6 is 0 Å². The predicted octanol–water partition coefficient (Wildman–Crippen LogP) is 3.54. The van der Waals surface area contributed by atoms with Gasteiger partial charge in [0.2, 0.25) is 0 Å². The van der Waals surface area contributed by atoms with Crippen molar-refractivity contribution >= 4 is 12.0 Å². The van der Waals surface area contributed by atoms with Gasteiger partial charge in [0.05, 0.1) is 6.54 Å². The summed E-state index contributed by atoms with van der Waals surface area (Å²) in [5.41, 5.74) is 4.14. The van der Waals surface area contributed by atoms with E-state index in [9.17, 15) is 9.59 Å². The van der Waals surface area contributed by atoms with E-state index in [0.29, 0.717) is 12.5 Å². The first-order valence-electron chi connectivity index (χ1n) is 8.53. The van der Waals surface area contributed by atoms with E-state index < -0.39 is 0 Å². The van der Waals surface area contributed by atoms with Crippen LogP contribution in [0.4, 0.5) is 0 Å². The molecule has 1 amide bonds. The van der Waals surface area contributed by atoms with Crippen molar-refractivity contribution in [3.63, 3.8) is 0 Å². The minimum Gasteiger partial charge on any atom is -0.355 e. The van der Waals surface area contributed by atoms with Crippen molar-refractivity contribution in [3.8, 4) is 0 Å². The molecular weight excluding hydrogens is 312 g/mol. The van der Waals surface area contributed by atoms with Gasteiger partial charge in [-0.2, -0.15) is 0 Å². The van der Waals surface area contributed by atoms with Crippen LogP contribution in [0.1, 0.15) is 46.5 Å². The first-order valence-corrected chi connectivity index (χ1v) is 8.53. The lowest BCUT2D eigenvalue weighted by atomic mass is 10.00. The van der Waals surface area contributed by atoms with Gasteiger partial charge in [0.15, 0.2) is 0 Å². The summed E-state index contributed by atoms with van der Waals surface area (Å²) < 4.78 is 1.61. The Bertz CT molecular complexity index is 861. The second kappa shape index (κ2) is 7.97. The molecule has 0 aliphatic carbocycles. The van der Waals surface area contributed by atoms with E-state index in [1.807, 2.05) is 19.1 Å². The maximum absolute atomic E-state index is 12.7. The van der Waals surface area contributed by atoms with Gasteiger partial charge >= 0.3 is 0 Å². The van der Waals surface area contributed by atoms with Crippen molar-refractivity contribution in [3.05, 3.63) is 74.7 Å². The van der Waals surface area contributed by atoms with Crippen molar-refractivity contribution in [2.75, 3.05) is 7.05 Å². The van der Waals surface area contributed by atoms with Crippen LogP contribution in [-0.4, -0.2) is 17.5 Å². The number of pyridine rings is 1. The van der Waals surface area contributed by atoms with Gasteiger partial charge in [-0.3, -0.25) is 9.59 Å². The second-order valence-electron chi connectivity index (χ2n) is 6.69. The molecule has 0 saturated carbocycles.